The second kappa shape index (κ2) is 6.74. The molecule has 1 unspecified atom stereocenters. The summed E-state index contributed by atoms with van der Waals surface area (Å²) < 4.78 is 13.0. The van der Waals surface area contributed by atoms with Crippen molar-refractivity contribution in [1.82, 2.24) is 3.11 Å². The van der Waals surface area contributed by atoms with Crippen LogP contribution in [0.4, 0.5) is 0 Å². The fourth-order valence-electron chi connectivity index (χ4n) is 3.63. The van der Waals surface area contributed by atoms with Gasteiger partial charge in [0.2, 0.25) is 0 Å². The molecule has 1 saturated heterocycles. The van der Waals surface area contributed by atoms with Gasteiger partial charge in [0.25, 0.3) is 0 Å². The highest BCUT2D eigenvalue weighted by atomic mass is 127. The van der Waals surface area contributed by atoms with Gasteiger partial charge in [-0.3, -0.25) is 4.79 Å². The predicted octanol–water partition coefficient (Wildman–Crippen LogP) is 3.51. The summed E-state index contributed by atoms with van der Waals surface area (Å²) in [6, 6.07) is 3.82. The van der Waals surface area contributed by atoms with Crippen molar-refractivity contribution in [2.45, 2.75) is 25.7 Å². The molecular weight excluding hydrogens is 393 g/mol. The number of hydrogen-bond donors (Lipinski definition) is 0. The van der Waals surface area contributed by atoms with E-state index in [1.807, 2.05) is 12.1 Å². The SMILES string of the molecule is COc1cc2c(cc1OC)C(=O)C(CC1CCN(I)CC1)C2. The van der Waals surface area contributed by atoms with E-state index in [1.54, 1.807) is 14.2 Å². The highest BCUT2D eigenvalue weighted by Crippen LogP contribution is 2.39. The van der Waals surface area contributed by atoms with Crippen LogP contribution in [-0.2, 0) is 6.42 Å². The molecule has 0 saturated carbocycles. The van der Waals surface area contributed by atoms with E-state index in [-0.39, 0.29) is 11.7 Å². The molecule has 1 aliphatic carbocycles. The molecule has 0 spiro atoms. The van der Waals surface area contributed by atoms with Crippen LogP contribution < -0.4 is 9.47 Å². The predicted molar refractivity (Wildman–Crippen MR) is 94.0 cm³/mol. The summed E-state index contributed by atoms with van der Waals surface area (Å²) >= 11 is 2.39. The molecule has 1 atom stereocenters. The summed E-state index contributed by atoms with van der Waals surface area (Å²) in [5, 5.41) is 0. The number of carbonyl (C=O) groups excluding carboxylic acids is 1. The van der Waals surface area contributed by atoms with Gasteiger partial charge in [0.05, 0.1) is 14.2 Å². The number of methoxy groups -OCH3 is 2. The van der Waals surface area contributed by atoms with Gasteiger partial charge in [-0.2, -0.15) is 0 Å². The number of carbonyl (C=O) groups is 1. The number of nitrogens with zero attached hydrogens (tertiary/aromatic N) is 1. The molecule has 0 aromatic heterocycles. The smallest absolute Gasteiger partial charge is 0.166 e. The van der Waals surface area contributed by atoms with E-state index in [0.29, 0.717) is 17.4 Å². The number of ether oxygens (including phenoxy) is 2. The third-order valence-electron chi connectivity index (χ3n) is 4.89. The van der Waals surface area contributed by atoms with Crippen LogP contribution >= 0.6 is 22.9 Å². The Bertz CT molecular complexity index is 567. The molecule has 120 valence electrons. The van der Waals surface area contributed by atoms with E-state index < -0.39 is 0 Å². The molecule has 5 heteroatoms. The minimum Gasteiger partial charge on any atom is -0.493 e. The molecular formula is C17H22INO3. The lowest BCUT2D eigenvalue weighted by molar-refractivity contribution is 0.0909. The van der Waals surface area contributed by atoms with E-state index in [0.717, 1.165) is 37.1 Å². The van der Waals surface area contributed by atoms with Crippen molar-refractivity contribution in [3.8, 4) is 11.5 Å². The van der Waals surface area contributed by atoms with E-state index in [2.05, 4.69) is 26.0 Å². The number of rotatable bonds is 4. The Labute approximate surface area is 145 Å². The van der Waals surface area contributed by atoms with Gasteiger partial charge >= 0.3 is 0 Å². The Balaban J connectivity index is 1.73. The number of hydrogen-bond acceptors (Lipinski definition) is 4. The molecule has 0 N–H and O–H groups in total. The number of benzene rings is 1. The zero-order valence-electron chi connectivity index (χ0n) is 13.1. The standard InChI is InChI=1S/C17H22INO3/c1-21-15-9-12-8-13(7-11-3-5-19(18)6-4-11)17(20)14(12)10-16(15)22-2/h9-11,13H,3-8H2,1-2H3. The average Bonchev–Trinajstić information content (AvgIpc) is 2.83. The van der Waals surface area contributed by atoms with Crippen LogP contribution in [0.5, 0.6) is 11.5 Å². The first-order valence-corrected chi connectivity index (χ1v) is 8.78. The molecule has 4 nitrogen and oxygen atoms in total. The van der Waals surface area contributed by atoms with Crippen LogP contribution in [0.3, 0.4) is 0 Å². The van der Waals surface area contributed by atoms with Crippen LogP contribution in [0.2, 0.25) is 0 Å². The molecule has 3 rings (SSSR count). The van der Waals surface area contributed by atoms with Crippen molar-refractivity contribution in [1.29, 1.82) is 0 Å². The Kier molecular flexibility index (Phi) is 4.92. The van der Waals surface area contributed by atoms with E-state index in [4.69, 9.17) is 9.47 Å². The summed E-state index contributed by atoms with van der Waals surface area (Å²) in [7, 11) is 3.25. The van der Waals surface area contributed by atoms with Gasteiger partial charge < -0.3 is 9.47 Å². The molecule has 1 aliphatic heterocycles. The van der Waals surface area contributed by atoms with Gasteiger partial charge in [0.1, 0.15) is 0 Å². The van der Waals surface area contributed by atoms with E-state index in [9.17, 15) is 4.79 Å². The largest absolute Gasteiger partial charge is 0.493 e. The van der Waals surface area contributed by atoms with Crippen molar-refractivity contribution in [3.63, 3.8) is 0 Å². The van der Waals surface area contributed by atoms with E-state index >= 15 is 0 Å². The summed E-state index contributed by atoms with van der Waals surface area (Å²) in [5.74, 6) is 2.46. The van der Waals surface area contributed by atoms with Crippen molar-refractivity contribution in [2.75, 3.05) is 27.3 Å². The molecule has 0 amide bonds. The zero-order valence-corrected chi connectivity index (χ0v) is 15.3. The maximum Gasteiger partial charge on any atom is 0.166 e. The van der Waals surface area contributed by atoms with Gasteiger partial charge in [-0.15, -0.1) is 0 Å². The molecule has 1 aromatic carbocycles. The van der Waals surface area contributed by atoms with Gasteiger partial charge in [-0.05, 0) is 49.3 Å². The fraction of sp³-hybridized carbons (Fsp3) is 0.588. The van der Waals surface area contributed by atoms with E-state index in [1.165, 1.54) is 12.8 Å². The lowest BCUT2D eigenvalue weighted by Gasteiger charge is -2.28. The number of halogens is 1. The van der Waals surface area contributed by atoms with Crippen LogP contribution in [0, 0.1) is 11.8 Å². The summed E-state index contributed by atoms with van der Waals surface area (Å²) in [6.07, 6.45) is 4.27. The Morgan fingerprint density at radius 2 is 1.82 bits per heavy atom. The van der Waals surface area contributed by atoms with Crippen molar-refractivity contribution in [3.05, 3.63) is 23.3 Å². The Morgan fingerprint density at radius 1 is 1.18 bits per heavy atom. The summed E-state index contributed by atoms with van der Waals surface area (Å²) in [5.41, 5.74) is 1.94. The molecule has 1 aromatic rings. The third kappa shape index (κ3) is 3.11. The highest BCUT2D eigenvalue weighted by molar-refractivity contribution is 14.1. The Morgan fingerprint density at radius 3 is 2.45 bits per heavy atom. The lowest BCUT2D eigenvalue weighted by atomic mass is 9.86. The second-order valence-corrected chi connectivity index (χ2v) is 7.58. The normalized spacial score (nSPS) is 22.7. The van der Waals surface area contributed by atoms with Gasteiger partial charge in [-0.1, -0.05) is 0 Å². The molecule has 22 heavy (non-hydrogen) atoms. The zero-order chi connectivity index (χ0) is 15.7. The Hall–Kier alpha value is -0.820. The maximum atomic E-state index is 12.7. The number of Topliss-reactive ketones (excluding diaryl/α,β-unsaturated/α-hetero) is 1. The van der Waals surface area contributed by atoms with Crippen LogP contribution in [0.15, 0.2) is 12.1 Å². The first kappa shape index (κ1) is 16.1. The minimum atomic E-state index is 0.137. The van der Waals surface area contributed by atoms with Gasteiger partial charge in [0.15, 0.2) is 17.3 Å². The number of piperidine rings is 1. The van der Waals surface area contributed by atoms with Crippen LogP contribution in [0.1, 0.15) is 35.2 Å². The van der Waals surface area contributed by atoms with Crippen LogP contribution in [0.25, 0.3) is 0 Å². The second-order valence-electron chi connectivity index (χ2n) is 6.22. The van der Waals surface area contributed by atoms with Gasteiger partial charge in [-0.25, -0.2) is 3.11 Å². The topological polar surface area (TPSA) is 38.8 Å². The van der Waals surface area contributed by atoms with Crippen molar-refractivity contribution >= 4 is 28.6 Å². The minimum absolute atomic E-state index is 0.137. The maximum absolute atomic E-state index is 12.7. The number of fused-ring (bicyclic) bond motifs is 1. The molecule has 2 aliphatic rings. The molecule has 0 bridgehead atoms. The summed E-state index contributed by atoms with van der Waals surface area (Å²) in [4.78, 5) is 12.7. The molecule has 0 radical (unpaired) electrons. The molecule has 1 fully saturated rings. The fourth-order valence-corrected chi connectivity index (χ4v) is 4.18. The average molecular weight is 415 g/mol. The first-order chi connectivity index (χ1) is 10.6. The van der Waals surface area contributed by atoms with Crippen molar-refractivity contribution < 1.29 is 14.3 Å². The van der Waals surface area contributed by atoms with Crippen LogP contribution in [-0.4, -0.2) is 36.2 Å². The van der Waals surface area contributed by atoms with Gasteiger partial charge in [0, 0.05) is 47.4 Å². The molecule has 1 heterocycles. The monoisotopic (exact) mass is 415 g/mol. The highest BCUT2D eigenvalue weighted by Gasteiger charge is 2.34. The lowest BCUT2D eigenvalue weighted by Crippen LogP contribution is -2.28. The third-order valence-corrected chi connectivity index (χ3v) is 5.85. The quantitative estimate of drug-likeness (QED) is 0.558. The summed E-state index contributed by atoms with van der Waals surface area (Å²) in [6.45, 7) is 2.28. The first-order valence-electron chi connectivity index (χ1n) is 7.82. The number of ketones is 1. The van der Waals surface area contributed by atoms with Crippen molar-refractivity contribution in [2.24, 2.45) is 11.8 Å².